The monoisotopic (exact) mass is 360 g/mol. The molecule has 0 spiro atoms. The van der Waals surface area contributed by atoms with Gasteiger partial charge < -0.3 is 21.1 Å². The molecule has 0 aliphatic carbocycles. The van der Waals surface area contributed by atoms with E-state index in [-0.39, 0.29) is 24.5 Å². The number of urea groups is 1. The van der Waals surface area contributed by atoms with Crippen LogP contribution < -0.4 is 11.1 Å². The number of likely N-dealkylation sites (tertiary alicyclic amines) is 2. The lowest BCUT2D eigenvalue weighted by atomic mass is 9.84. The maximum absolute atomic E-state index is 12.5. The van der Waals surface area contributed by atoms with E-state index in [4.69, 9.17) is 5.73 Å². The first-order chi connectivity index (χ1) is 12.5. The summed E-state index contributed by atoms with van der Waals surface area (Å²) in [6, 6.07) is 9.73. The fourth-order valence-corrected chi connectivity index (χ4v) is 3.84. The Bertz CT molecular complexity index is 621. The van der Waals surface area contributed by atoms with E-state index in [9.17, 15) is 14.7 Å². The summed E-state index contributed by atoms with van der Waals surface area (Å²) in [5, 5.41) is 14.0. The molecular weight excluding hydrogens is 332 g/mol. The van der Waals surface area contributed by atoms with E-state index >= 15 is 0 Å². The van der Waals surface area contributed by atoms with Crippen LogP contribution in [0.4, 0.5) is 4.79 Å². The van der Waals surface area contributed by atoms with E-state index in [1.165, 1.54) is 0 Å². The predicted octanol–water partition coefficient (Wildman–Crippen LogP) is 0.629. The summed E-state index contributed by atoms with van der Waals surface area (Å²) in [7, 11) is 0. The number of nitrogens with zero attached hydrogens (tertiary/aromatic N) is 2. The highest BCUT2D eigenvalue weighted by Crippen LogP contribution is 2.32. The number of hydrogen-bond donors (Lipinski definition) is 3. The van der Waals surface area contributed by atoms with Crippen LogP contribution in [0.1, 0.15) is 31.2 Å². The van der Waals surface area contributed by atoms with Crippen molar-refractivity contribution in [2.45, 2.75) is 37.3 Å². The summed E-state index contributed by atoms with van der Waals surface area (Å²) < 4.78 is 0. The normalized spacial score (nSPS) is 21.3. The highest BCUT2D eigenvalue weighted by atomic mass is 16.3. The molecule has 2 aliphatic rings. The zero-order valence-electron chi connectivity index (χ0n) is 15.1. The summed E-state index contributed by atoms with van der Waals surface area (Å²) in [5.74, 6) is -0.313. The minimum atomic E-state index is -0.849. The van der Waals surface area contributed by atoms with E-state index in [0.717, 1.165) is 31.5 Å². The van der Waals surface area contributed by atoms with Crippen molar-refractivity contribution in [2.75, 3.05) is 32.7 Å². The molecule has 7 heteroatoms. The number of rotatable bonds is 4. The molecule has 4 N–H and O–H groups in total. The molecule has 1 aromatic carbocycles. The first kappa shape index (κ1) is 18.7. The number of nitrogens with two attached hydrogens (primary N) is 1. The minimum Gasteiger partial charge on any atom is -0.385 e. The smallest absolute Gasteiger partial charge is 0.317 e. The van der Waals surface area contributed by atoms with Crippen LogP contribution in [-0.2, 0) is 10.4 Å². The number of benzene rings is 1. The molecule has 0 unspecified atom stereocenters. The summed E-state index contributed by atoms with van der Waals surface area (Å²) in [6.45, 7) is 2.89. The molecule has 1 aromatic rings. The van der Waals surface area contributed by atoms with Crippen LogP contribution in [0.25, 0.3) is 0 Å². The van der Waals surface area contributed by atoms with Crippen molar-refractivity contribution in [3.63, 3.8) is 0 Å². The van der Waals surface area contributed by atoms with Crippen LogP contribution in [-0.4, -0.2) is 65.6 Å². The second-order valence-corrected chi connectivity index (χ2v) is 7.35. The van der Waals surface area contributed by atoms with Gasteiger partial charge in [0.15, 0.2) is 0 Å². The quantitative estimate of drug-likeness (QED) is 0.733. The third-order valence-electron chi connectivity index (χ3n) is 5.48. The fourth-order valence-electron chi connectivity index (χ4n) is 3.84. The largest absolute Gasteiger partial charge is 0.385 e. The standard InChI is InChI=1S/C19H28N4O3/c20-17(24)14-22-10-6-16(7-11-22)21-18(25)23-12-8-19(26,9-13-23)15-4-2-1-3-5-15/h1-5,16,26H,6-14H2,(H2,20,24)(H,21,25). The topological polar surface area (TPSA) is 98.9 Å². The lowest BCUT2D eigenvalue weighted by Crippen LogP contribution is -2.53. The number of aliphatic hydroxyl groups is 1. The van der Waals surface area contributed by atoms with E-state index in [1.54, 1.807) is 4.90 Å². The van der Waals surface area contributed by atoms with E-state index in [1.807, 2.05) is 35.2 Å². The Morgan fingerprint density at radius 1 is 1.12 bits per heavy atom. The van der Waals surface area contributed by atoms with Gasteiger partial charge in [-0.25, -0.2) is 4.79 Å². The van der Waals surface area contributed by atoms with Gasteiger partial charge in [-0.05, 0) is 31.2 Å². The van der Waals surface area contributed by atoms with Crippen molar-refractivity contribution in [1.82, 2.24) is 15.1 Å². The Morgan fingerprint density at radius 2 is 1.73 bits per heavy atom. The number of amides is 3. The molecule has 0 radical (unpaired) electrons. The number of carbonyl (C=O) groups excluding carboxylic acids is 2. The van der Waals surface area contributed by atoms with Gasteiger partial charge >= 0.3 is 6.03 Å². The summed E-state index contributed by atoms with van der Waals surface area (Å²) in [5.41, 5.74) is 5.29. The molecule has 2 fully saturated rings. The van der Waals surface area contributed by atoms with Crippen LogP contribution in [0, 0.1) is 0 Å². The Morgan fingerprint density at radius 3 is 2.31 bits per heavy atom. The molecule has 0 atom stereocenters. The van der Waals surface area contributed by atoms with E-state index < -0.39 is 5.60 Å². The highest BCUT2D eigenvalue weighted by molar-refractivity contribution is 5.76. The lowest BCUT2D eigenvalue weighted by molar-refractivity contribution is -0.119. The second-order valence-electron chi connectivity index (χ2n) is 7.35. The molecule has 142 valence electrons. The van der Waals surface area contributed by atoms with Gasteiger partial charge in [-0.2, -0.15) is 0 Å². The summed E-state index contributed by atoms with van der Waals surface area (Å²) in [6.07, 6.45) is 2.73. The molecular formula is C19H28N4O3. The van der Waals surface area contributed by atoms with Gasteiger partial charge in [0.05, 0.1) is 12.1 Å². The molecule has 0 saturated carbocycles. The van der Waals surface area contributed by atoms with Crippen molar-refractivity contribution >= 4 is 11.9 Å². The van der Waals surface area contributed by atoms with Crippen LogP contribution in [0.2, 0.25) is 0 Å². The molecule has 3 rings (SSSR count). The van der Waals surface area contributed by atoms with Gasteiger partial charge in [0.25, 0.3) is 0 Å². The number of nitrogens with one attached hydrogen (secondary N) is 1. The molecule has 2 saturated heterocycles. The Balaban J connectivity index is 1.45. The van der Waals surface area contributed by atoms with Crippen LogP contribution in [0.5, 0.6) is 0 Å². The van der Waals surface area contributed by atoms with Crippen molar-refractivity contribution < 1.29 is 14.7 Å². The SMILES string of the molecule is NC(=O)CN1CCC(NC(=O)N2CCC(O)(c3ccccc3)CC2)CC1. The number of hydrogen-bond acceptors (Lipinski definition) is 4. The molecule has 0 bridgehead atoms. The lowest BCUT2D eigenvalue weighted by Gasteiger charge is -2.39. The van der Waals surface area contributed by atoms with Crippen molar-refractivity contribution in [1.29, 1.82) is 0 Å². The average molecular weight is 360 g/mol. The first-order valence-electron chi connectivity index (χ1n) is 9.30. The van der Waals surface area contributed by atoms with Gasteiger partial charge in [-0.1, -0.05) is 30.3 Å². The van der Waals surface area contributed by atoms with Gasteiger partial charge in [0.2, 0.25) is 5.91 Å². The first-order valence-corrected chi connectivity index (χ1v) is 9.30. The van der Waals surface area contributed by atoms with Crippen molar-refractivity contribution in [2.24, 2.45) is 5.73 Å². The van der Waals surface area contributed by atoms with Gasteiger partial charge in [0, 0.05) is 32.2 Å². The molecule has 3 amide bonds. The Hall–Kier alpha value is -2.12. The van der Waals surface area contributed by atoms with Gasteiger partial charge in [-0.3, -0.25) is 9.69 Å². The number of carbonyl (C=O) groups is 2. The van der Waals surface area contributed by atoms with Crippen LogP contribution in [0.3, 0.4) is 0 Å². The molecule has 2 aliphatic heterocycles. The van der Waals surface area contributed by atoms with Crippen molar-refractivity contribution in [3.8, 4) is 0 Å². The predicted molar refractivity (Wildman–Crippen MR) is 98.3 cm³/mol. The molecule has 2 heterocycles. The number of piperidine rings is 2. The summed E-state index contributed by atoms with van der Waals surface area (Å²) in [4.78, 5) is 27.3. The third-order valence-corrected chi connectivity index (χ3v) is 5.48. The second kappa shape index (κ2) is 8.05. The zero-order chi connectivity index (χ0) is 18.6. The van der Waals surface area contributed by atoms with Crippen LogP contribution >= 0.6 is 0 Å². The maximum atomic E-state index is 12.5. The van der Waals surface area contributed by atoms with Crippen molar-refractivity contribution in [3.05, 3.63) is 35.9 Å². The van der Waals surface area contributed by atoms with E-state index in [2.05, 4.69) is 5.32 Å². The Labute approximate surface area is 154 Å². The fraction of sp³-hybridized carbons (Fsp3) is 0.579. The minimum absolute atomic E-state index is 0.0616. The summed E-state index contributed by atoms with van der Waals surface area (Å²) >= 11 is 0. The maximum Gasteiger partial charge on any atom is 0.317 e. The average Bonchev–Trinajstić information content (AvgIpc) is 2.64. The number of primary amides is 1. The highest BCUT2D eigenvalue weighted by Gasteiger charge is 2.35. The third kappa shape index (κ3) is 4.53. The van der Waals surface area contributed by atoms with E-state index in [0.29, 0.717) is 25.9 Å². The molecule has 26 heavy (non-hydrogen) atoms. The van der Waals surface area contributed by atoms with Crippen LogP contribution in [0.15, 0.2) is 30.3 Å². The van der Waals surface area contributed by atoms with Gasteiger partial charge in [0.1, 0.15) is 0 Å². The zero-order valence-corrected chi connectivity index (χ0v) is 15.1. The molecule has 7 nitrogen and oxygen atoms in total. The molecule has 0 aromatic heterocycles. The van der Waals surface area contributed by atoms with Gasteiger partial charge in [-0.15, -0.1) is 0 Å². The Kier molecular flexibility index (Phi) is 5.78.